The van der Waals surface area contributed by atoms with Gasteiger partial charge in [-0.05, 0) is 18.6 Å². The number of halogens is 3. The number of para-hydroxylation sites is 2. The summed E-state index contributed by atoms with van der Waals surface area (Å²) in [6, 6.07) is 7.18. The zero-order valence-corrected chi connectivity index (χ0v) is 10.5. The second-order valence-corrected chi connectivity index (χ2v) is 4.43. The van der Waals surface area contributed by atoms with Gasteiger partial charge in [0.2, 0.25) is 0 Å². The standard InChI is InChI=1S/C13H15F3N2O/c1-2-7-18-10-6-4-3-5-9(10)17-12(18)8-11(19)13(14,15)16/h3-6,11,19H,2,7-8H2,1H3/t11-/m1/s1. The lowest BCUT2D eigenvalue weighted by Crippen LogP contribution is -2.31. The molecule has 1 aromatic carbocycles. The van der Waals surface area contributed by atoms with E-state index in [9.17, 15) is 18.3 Å². The summed E-state index contributed by atoms with van der Waals surface area (Å²) in [5.74, 6) is 0.271. The van der Waals surface area contributed by atoms with Crippen molar-refractivity contribution in [2.45, 2.75) is 38.6 Å². The zero-order chi connectivity index (χ0) is 14.0. The van der Waals surface area contributed by atoms with Gasteiger partial charge < -0.3 is 9.67 Å². The largest absolute Gasteiger partial charge is 0.414 e. The van der Waals surface area contributed by atoms with Crippen LogP contribution in [0.1, 0.15) is 19.2 Å². The van der Waals surface area contributed by atoms with Gasteiger partial charge in [-0.2, -0.15) is 13.2 Å². The van der Waals surface area contributed by atoms with Gasteiger partial charge >= 0.3 is 6.18 Å². The van der Waals surface area contributed by atoms with E-state index in [0.29, 0.717) is 12.1 Å². The third kappa shape index (κ3) is 2.89. The van der Waals surface area contributed by atoms with E-state index < -0.39 is 18.7 Å². The molecule has 0 aliphatic heterocycles. The summed E-state index contributed by atoms with van der Waals surface area (Å²) in [5, 5.41) is 9.18. The van der Waals surface area contributed by atoms with E-state index in [0.717, 1.165) is 11.9 Å². The van der Waals surface area contributed by atoms with Crippen LogP contribution in [0.25, 0.3) is 11.0 Å². The van der Waals surface area contributed by atoms with Crippen molar-refractivity contribution in [3.05, 3.63) is 30.1 Å². The molecule has 0 saturated heterocycles. The topological polar surface area (TPSA) is 38.0 Å². The maximum atomic E-state index is 12.4. The maximum absolute atomic E-state index is 12.4. The molecule has 2 rings (SSSR count). The Hall–Kier alpha value is -1.56. The Bertz CT molecular complexity index is 563. The van der Waals surface area contributed by atoms with Crippen LogP contribution in [-0.2, 0) is 13.0 Å². The lowest BCUT2D eigenvalue weighted by Gasteiger charge is -2.15. The second kappa shape index (κ2) is 5.21. The predicted molar refractivity (Wildman–Crippen MR) is 65.8 cm³/mol. The Kier molecular flexibility index (Phi) is 3.80. The molecule has 0 unspecified atom stereocenters. The molecule has 1 N–H and O–H groups in total. The quantitative estimate of drug-likeness (QED) is 0.929. The zero-order valence-electron chi connectivity index (χ0n) is 10.5. The van der Waals surface area contributed by atoms with Crippen LogP contribution in [0.5, 0.6) is 0 Å². The number of alkyl halides is 3. The molecule has 104 valence electrons. The third-order valence-electron chi connectivity index (χ3n) is 2.93. The number of aliphatic hydroxyl groups is 1. The van der Waals surface area contributed by atoms with Crippen LogP contribution < -0.4 is 0 Å². The van der Waals surface area contributed by atoms with Crippen molar-refractivity contribution in [3.8, 4) is 0 Å². The van der Waals surface area contributed by atoms with Crippen molar-refractivity contribution >= 4 is 11.0 Å². The summed E-state index contributed by atoms with van der Waals surface area (Å²) in [7, 11) is 0. The van der Waals surface area contributed by atoms with Crippen LogP contribution >= 0.6 is 0 Å². The molecule has 0 spiro atoms. The number of hydrogen-bond acceptors (Lipinski definition) is 2. The number of rotatable bonds is 4. The number of aryl methyl sites for hydroxylation is 1. The van der Waals surface area contributed by atoms with E-state index in [1.54, 1.807) is 16.7 Å². The fourth-order valence-electron chi connectivity index (χ4n) is 2.04. The molecule has 3 nitrogen and oxygen atoms in total. The average molecular weight is 272 g/mol. The Balaban J connectivity index is 2.39. The minimum atomic E-state index is -4.62. The van der Waals surface area contributed by atoms with Crippen LogP contribution in [0, 0.1) is 0 Å². The number of aromatic nitrogens is 2. The molecule has 0 saturated carbocycles. The molecule has 0 aliphatic carbocycles. The van der Waals surface area contributed by atoms with Crippen molar-refractivity contribution in [3.63, 3.8) is 0 Å². The molecule has 1 aromatic heterocycles. The van der Waals surface area contributed by atoms with Crippen molar-refractivity contribution in [2.24, 2.45) is 0 Å². The Labute approximate surface area is 108 Å². The van der Waals surface area contributed by atoms with E-state index >= 15 is 0 Å². The molecule has 19 heavy (non-hydrogen) atoms. The highest BCUT2D eigenvalue weighted by Crippen LogP contribution is 2.24. The first kappa shape index (κ1) is 13.9. The van der Waals surface area contributed by atoms with E-state index in [-0.39, 0.29) is 5.82 Å². The minimum Gasteiger partial charge on any atom is -0.383 e. The number of nitrogens with zero attached hydrogens (tertiary/aromatic N) is 2. The van der Waals surface area contributed by atoms with Gasteiger partial charge in [-0.25, -0.2) is 4.98 Å². The molecule has 0 amide bonds. The molecule has 1 atom stereocenters. The number of hydrogen-bond donors (Lipinski definition) is 1. The van der Waals surface area contributed by atoms with E-state index in [2.05, 4.69) is 4.98 Å². The smallest absolute Gasteiger partial charge is 0.383 e. The Morgan fingerprint density at radius 1 is 1.32 bits per heavy atom. The Morgan fingerprint density at radius 3 is 2.63 bits per heavy atom. The van der Waals surface area contributed by atoms with Gasteiger partial charge in [0.25, 0.3) is 0 Å². The number of imidazole rings is 1. The number of benzene rings is 1. The first-order valence-corrected chi connectivity index (χ1v) is 6.12. The minimum absolute atomic E-state index is 0.271. The summed E-state index contributed by atoms with van der Waals surface area (Å²) < 4.78 is 39.0. The first-order valence-electron chi connectivity index (χ1n) is 6.12. The van der Waals surface area contributed by atoms with Gasteiger partial charge in [-0.3, -0.25) is 0 Å². The van der Waals surface area contributed by atoms with Gasteiger partial charge in [-0.15, -0.1) is 0 Å². The van der Waals surface area contributed by atoms with Gasteiger partial charge in [0.1, 0.15) is 5.82 Å². The van der Waals surface area contributed by atoms with Crippen LogP contribution in [0.4, 0.5) is 13.2 Å². The summed E-state index contributed by atoms with van der Waals surface area (Å²) in [4.78, 5) is 4.19. The molecule has 0 radical (unpaired) electrons. The van der Waals surface area contributed by atoms with Gasteiger partial charge in [0, 0.05) is 13.0 Å². The van der Waals surface area contributed by atoms with Crippen LogP contribution in [0.3, 0.4) is 0 Å². The fourth-order valence-corrected chi connectivity index (χ4v) is 2.04. The van der Waals surface area contributed by atoms with Gasteiger partial charge in [-0.1, -0.05) is 19.1 Å². The number of fused-ring (bicyclic) bond motifs is 1. The molecule has 1 heterocycles. The predicted octanol–water partition coefficient (Wildman–Crippen LogP) is 2.91. The fraction of sp³-hybridized carbons (Fsp3) is 0.462. The highest BCUT2D eigenvalue weighted by Gasteiger charge is 2.39. The summed E-state index contributed by atoms with van der Waals surface area (Å²) in [6.07, 6.45) is -6.72. The molecule has 0 bridgehead atoms. The highest BCUT2D eigenvalue weighted by molar-refractivity contribution is 5.75. The second-order valence-electron chi connectivity index (χ2n) is 4.43. The van der Waals surface area contributed by atoms with Crippen molar-refractivity contribution in [1.82, 2.24) is 9.55 Å². The normalized spacial score (nSPS) is 13.9. The van der Waals surface area contributed by atoms with E-state index in [1.165, 1.54) is 0 Å². The molecule has 6 heteroatoms. The van der Waals surface area contributed by atoms with E-state index in [1.807, 2.05) is 19.1 Å². The summed E-state index contributed by atoms with van der Waals surface area (Å²) in [6.45, 7) is 2.53. The van der Waals surface area contributed by atoms with Gasteiger partial charge in [0.05, 0.1) is 11.0 Å². The first-order chi connectivity index (χ1) is 8.93. The van der Waals surface area contributed by atoms with Gasteiger partial charge in [0.15, 0.2) is 6.10 Å². The Morgan fingerprint density at radius 2 is 2.00 bits per heavy atom. The SMILES string of the molecule is CCCn1c(C[C@@H](O)C(F)(F)F)nc2ccccc21. The monoisotopic (exact) mass is 272 g/mol. The summed E-state index contributed by atoms with van der Waals surface area (Å²) >= 11 is 0. The third-order valence-corrected chi connectivity index (χ3v) is 2.93. The van der Waals surface area contributed by atoms with Crippen LogP contribution in [0.2, 0.25) is 0 Å². The highest BCUT2D eigenvalue weighted by atomic mass is 19.4. The average Bonchev–Trinajstić information content (AvgIpc) is 2.67. The van der Waals surface area contributed by atoms with Crippen LogP contribution in [0.15, 0.2) is 24.3 Å². The molecule has 0 aliphatic rings. The lowest BCUT2D eigenvalue weighted by atomic mass is 10.2. The number of aliphatic hydroxyl groups excluding tert-OH is 1. The van der Waals surface area contributed by atoms with Crippen molar-refractivity contribution < 1.29 is 18.3 Å². The van der Waals surface area contributed by atoms with Crippen molar-refractivity contribution in [1.29, 1.82) is 0 Å². The maximum Gasteiger partial charge on any atom is 0.414 e. The van der Waals surface area contributed by atoms with Crippen LogP contribution in [-0.4, -0.2) is 26.9 Å². The van der Waals surface area contributed by atoms with Crippen molar-refractivity contribution in [2.75, 3.05) is 0 Å². The van der Waals surface area contributed by atoms with E-state index in [4.69, 9.17) is 0 Å². The molecular weight excluding hydrogens is 257 g/mol. The molecule has 2 aromatic rings. The molecular formula is C13H15F3N2O. The summed E-state index contributed by atoms with van der Waals surface area (Å²) in [5.41, 5.74) is 1.45. The molecule has 0 fully saturated rings. The lowest BCUT2D eigenvalue weighted by molar-refractivity contribution is -0.203.